The van der Waals surface area contributed by atoms with Crippen molar-refractivity contribution in [1.29, 1.82) is 0 Å². The van der Waals surface area contributed by atoms with E-state index in [2.05, 4.69) is 76.7 Å². The van der Waals surface area contributed by atoms with Gasteiger partial charge in [0.2, 0.25) is 0 Å². The summed E-state index contributed by atoms with van der Waals surface area (Å²) in [6.07, 6.45) is 5.22. The predicted octanol–water partition coefficient (Wildman–Crippen LogP) is 5.90. The molecule has 0 radical (unpaired) electrons. The van der Waals surface area contributed by atoms with E-state index in [9.17, 15) is 0 Å². The second kappa shape index (κ2) is 6.65. The van der Waals surface area contributed by atoms with E-state index in [0.29, 0.717) is 12.0 Å². The van der Waals surface area contributed by atoms with E-state index in [1.54, 1.807) is 0 Å². The number of nitrogens with one attached hydrogen (secondary N) is 1. The molecule has 1 nitrogen and oxygen atoms in total. The molecule has 0 saturated heterocycles. The number of benzene rings is 2. The van der Waals surface area contributed by atoms with E-state index in [-0.39, 0.29) is 0 Å². The smallest absolute Gasteiger partial charge is 0.0345 e. The summed E-state index contributed by atoms with van der Waals surface area (Å²) in [5, 5.41) is 3.78. The maximum absolute atomic E-state index is 3.78. The summed E-state index contributed by atoms with van der Waals surface area (Å²) in [7, 11) is 0. The normalized spacial score (nSPS) is 22.0. The highest BCUT2D eigenvalue weighted by atomic mass is 79.9. The third-order valence-corrected chi connectivity index (χ3v) is 5.39. The van der Waals surface area contributed by atoms with Gasteiger partial charge in [-0.2, -0.15) is 0 Å². The molecule has 2 heteroatoms. The van der Waals surface area contributed by atoms with Crippen LogP contribution in [0.4, 0.5) is 5.69 Å². The Kier molecular flexibility index (Phi) is 4.64. The van der Waals surface area contributed by atoms with E-state index in [0.717, 1.165) is 0 Å². The van der Waals surface area contributed by atoms with Gasteiger partial charge in [-0.05, 0) is 49.1 Å². The van der Waals surface area contributed by atoms with Crippen LogP contribution < -0.4 is 5.32 Å². The molecular weight excluding hydrogens is 322 g/mol. The molecule has 2 aromatic carbocycles. The molecule has 110 valence electrons. The van der Waals surface area contributed by atoms with Crippen LogP contribution in [-0.4, -0.2) is 6.04 Å². The number of hydrogen-bond donors (Lipinski definition) is 1. The number of anilines is 1. The van der Waals surface area contributed by atoms with Crippen LogP contribution in [0.15, 0.2) is 53.0 Å². The van der Waals surface area contributed by atoms with Crippen LogP contribution in [0.1, 0.15) is 42.7 Å². The van der Waals surface area contributed by atoms with Crippen molar-refractivity contribution in [2.45, 2.75) is 44.6 Å². The van der Waals surface area contributed by atoms with E-state index < -0.39 is 0 Å². The largest absolute Gasteiger partial charge is 0.382 e. The van der Waals surface area contributed by atoms with Crippen molar-refractivity contribution in [2.24, 2.45) is 0 Å². The summed E-state index contributed by atoms with van der Waals surface area (Å²) in [5.41, 5.74) is 4.00. The molecule has 3 rings (SSSR count). The zero-order chi connectivity index (χ0) is 14.7. The molecule has 0 aliphatic heterocycles. The standard InChI is InChI=1S/C19H22BrN/c1-14-13-16(11-12-18(14)20)21-19-10-6-5-9-17(19)15-7-3-2-4-8-15/h2-4,7-8,11-13,17,19,21H,5-6,9-10H2,1H3. The zero-order valence-corrected chi connectivity index (χ0v) is 14.1. The predicted molar refractivity (Wildman–Crippen MR) is 93.9 cm³/mol. The highest BCUT2D eigenvalue weighted by Crippen LogP contribution is 2.35. The Hall–Kier alpha value is -1.28. The van der Waals surface area contributed by atoms with Crippen LogP contribution >= 0.6 is 15.9 Å². The van der Waals surface area contributed by atoms with Crippen molar-refractivity contribution < 1.29 is 0 Å². The lowest BCUT2D eigenvalue weighted by Crippen LogP contribution is -2.30. The van der Waals surface area contributed by atoms with Gasteiger partial charge in [0.1, 0.15) is 0 Å². The Bertz CT molecular complexity index is 594. The number of hydrogen-bond acceptors (Lipinski definition) is 1. The molecule has 1 saturated carbocycles. The maximum atomic E-state index is 3.78. The van der Waals surface area contributed by atoms with Crippen molar-refractivity contribution in [1.82, 2.24) is 0 Å². The summed E-state index contributed by atoms with van der Waals surface area (Å²) in [6, 6.07) is 18.1. The maximum Gasteiger partial charge on any atom is 0.0345 e. The number of aryl methyl sites for hydroxylation is 1. The minimum absolute atomic E-state index is 0.543. The number of halogens is 1. The van der Waals surface area contributed by atoms with E-state index in [1.165, 1.54) is 47.0 Å². The van der Waals surface area contributed by atoms with Gasteiger partial charge in [-0.15, -0.1) is 0 Å². The quantitative estimate of drug-likeness (QED) is 0.731. The van der Waals surface area contributed by atoms with Crippen LogP contribution in [0.2, 0.25) is 0 Å². The van der Waals surface area contributed by atoms with Crippen LogP contribution in [0.3, 0.4) is 0 Å². The third-order valence-electron chi connectivity index (χ3n) is 4.50. The van der Waals surface area contributed by atoms with Gasteiger partial charge >= 0.3 is 0 Å². The van der Waals surface area contributed by atoms with Crippen molar-refractivity contribution >= 4 is 21.6 Å². The molecule has 0 heterocycles. The molecule has 0 aromatic heterocycles. The van der Waals surface area contributed by atoms with Crippen molar-refractivity contribution in [3.8, 4) is 0 Å². The van der Waals surface area contributed by atoms with Crippen LogP contribution in [-0.2, 0) is 0 Å². The van der Waals surface area contributed by atoms with Crippen molar-refractivity contribution in [2.75, 3.05) is 5.32 Å². The van der Waals surface area contributed by atoms with E-state index >= 15 is 0 Å². The van der Waals surface area contributed by atoms with Crippen LogP contribution in [0, 0.1) is 6.92 Å². The summed E-state index contributed by atoms with van der Waals surface area (Å²) in [4.78, 5) is 0. The van der Waals surface area contributed by atoms with Gasteiger partial charge in [0, 0.05) is 22.1 Å². The van der Waals surface area contributed by atoms with Crippen molar-refractivity contribution in [3.63, 3.8) is 0 Å². The van der Waals surface area contributed by atoms with Gasteiger partial charge in [0.25, 0.3) is 0 Å². The molecule has 2 atom stereocenters. The Labute approximate surface area is 135 Å². The third kappa shape index (κ3) is 3.49. The average molecular weight is 344 g/mol. The molecule has 1 fully saturated rings. The topological polar surface area (TPSA) is 12.0 Å². The first-order chi connectivity index (χ1) is 10.2. The number of rotatable bonds is 3. The van der Waals surface area contributed by atoms with Gasteiger partial charge in [-0.3, -0.25) is 0 Å². The average Bonchev–Trinajstić information content (AvgIpc) is 2.52. The molecule has 1 aliphatic carbocycles. The molecule has 21 heavy (non-hydrogen) atoms. The van der Waals surface area contributed by atoms with E-state index in [4.69, 9.17) is 0 Å². The highest BCUT2D eigenvalue weighted by Gasteiger charge is 2.26. The van der Waals surface area contributed by atoms with Crippen LogP contribution in [0.25, 0.3) is 0 Å². The summed E-state index contributed by atoms with van der Waals surface area (Å²) in [5.74, 6) is 0.629. The summed E-state index contributed by atoms with van der Waals surface area (Å²) >= 11 is 3.58. The second-order valence-corrected chi connectivity index (χ2v) is 6.87. The zero-order valence-electron chi connectivity index (χ0n) is 12.5. The molecule has 1 aliphatic rings. The molecule has 0 amide bonds. The first-order valence-electron chi connectivity index (χ1n) is 7.81. The Morgan fingerprint density at radius 1 is 1.00 bits per heavy atom. The fourth-order valence-electron chi connectivity index (χ4n) is 3.35. The summed E-state index contributed by atoms with van der Waals surface area (Å²) < 4.78 is 1.18. The monoisotopic (exact) mass is 343 g/mol. The van der Waals surface area contributed by atoms with Crippen LogP contribution in [0.5, 0.6) is 0 Å². The minimum atomic E-state index is 0.543. The lowest BCUT2D eigenvalue weighted by Gasteiger charge is -2.33. The minimum Gasteiger partial charge on any atom is -0.382 e. The molecule has 2 unspecified atom stereocenters. The molecular formula is C19H22BrN. The van der Waals surface area contributed by atoms with Gasteiger partial charge in [-0.25, -0.2) is 0 Å². The van der Waals surface area contributed by atoms with Gasteiger partial charge in [0.15, 0.2) is 0 Å². The van der Waals surface area contributed by atoms with Gasteiger partial charge < -0.3 is 5.32 Å². The highest BCUT2D eigenvalue weighted by molar-refractivity contribution is 9.10. The summed E-state index contributed by atoms with van der Waals surface area (Å²) in [6.45, 7) is 2.14. The molecule has 0 bridgehead atoms. The SMILES string of the molecule is Cc1cc(NC2CCCCC2c2ccccc2)ccc1Br. The fraction of sp³-hybridized carbons (Fsp3) is 0.368. The second-order valence-electron chi connectivity index (χ2n) is 6.02. The van der Waals surface area contributed by atoms with Gasteiger partial charge in [-0.1, -0.05) is 59.1 Å². The fourth-order valence-corrected chi connectivity index (χ4v) is 3.60. The van der Waals surface area contributed by atoms with Crippen molar-refractivity contribution in [3.05, 3.63) is 64.1 Å². The lowest BCUT2D eigenvalue weighted by molar-refractivity contribution is 0.405. The van der Waals surface area contributed by atoms with Gasteiger partial charge in [0.05, 0.1) is 0 Å². The lowest BCUT2D eigenvalue weighted by atomic mass is 9.80. The van der Waals surface area contributed by atoms with E-state index in [1.807, 2.05) is 0 Å². The first kappa shape index (κ1) is 14.6. The molecule has 0 spiro atoms. The Balaban J connectivity index is 1.79. The molecule has 1 N–H and O–H groups in total. The molecule has 2 aromatic rings. The Morgan fingerprint density at radius 3 is 2.52 bits per heavy atom. The Morgan fingerprint density at radius 2 is 1.76 bits per heavy atom. The first-order valence-corrected chi connectivity index (χ1v) is 8.61.